The smallest absolute Gasteiger partial charge is 0.255 e. The highest BCUT2D eigenvalue weighted by molar-refractivity contribution is 7.13. The molecule has 0 bridgehead atoms. The van der Waals surface area contributed by atoms with Crippen molar-refractivity contribution >= 4 is 17.2 Å². The van der Waals surface area contributed by atoms with Gasteiger partial charge in [0.05, 0.1) is 21.8 Å². The van der Waals surface area contributed by atoms with Crippen LogP contribution in [0.15, 0.2) is 29.6 Å². The van der Waals surface area contributed by atoms with Gasteiger partial charge in [-0.3, -0.25) is 9.78 Å². The molecule has 1 fully saturated rings. The Kier molecular flexibility index (Phi) is 4.30. The molecule has 1 aliphatic heterocycles. The number of carbonyl (C=O) groups excluding carboxylic acids is 1. The van der Waals surface area contributed by atoms with E-state index in [0.717, 1.165) is 34.9 Å². The lowest BCUT2D eigenvalue weighted by atomic mass is 9.91. The van der Waals surface area contributed by atoms with Gasteiger partial charge in [-0.1, -0.05) is 19.9 Å². The molecule has 0 radical (unpaired) electrons. The number of nitrogens with zero attached hydrogens (tertiary/aromatic N) is 2. The maximum Gasteiger partial charge on any atom is 0.255 e. The van der Waals surface area contributed by atoms with Crippen LogP contribution in [-0.2, 0) is 0 Å². The molecule has 0 saturated carbocycles. The largest absolute Gasteiger partial charge is 0.338 e. The average molecular weight is 314 g/mol. The molecule has 116 valence electrons. The van der Waals surface area contributed by atoms with Crippen molar-refractivity contribution in [3.8, 4) is 10.6 Å². The number of pyridine rings is 1. The van der Waals surface area contributed by atoms with E-state index in [0.29, 0.717) is 11.8 Å². The fourth-order valence-corrected chi connectivity index (χ4v) is 4.04. The number of thiophene rings is 1. The second-order valence-corrected chi connectivity index (χ2v) is 7.41. The first-order valence-corrected chi connectivity index (χ1v) is 8.73. The minimum atomic E-state index is 0.126. The van der Waals surface area contributed by atoms with Crippen molar-refractivity contribution in [1.82, 2.24) is 9.88 Å². The van der Waals surface area contributed by atoms with Crippen molar-refractivity contribution in [3.63, 3.8) is 0 Å². The standard InChI is InChI=1S/C18H22N2OS/c1-12-9-13(2)11-20(10-12)18(21)15-6-7-16(19-14(15)3)17-5-4-8-22-17/h4-8,12-13H,9-11H2,1-3H3/t12-,13-/m1/s1. The normalized spacial score (nSPS) is 21.9. The lowest BCUT2D eigenvalue weighted by Gasteiger charge is -2.35. The molecule has 1 amide bonds. The fraction of sp³-hybridized carbons (Fsp3) is 0.444. The van der Waals surface area contributed by atoms with E-state index in [4.69, 9.17) is 0 Å². The molecule has 1 saturated heterocycles. The second-order valence-electron chi connectivity index (χ2n) is 6.46. The van der Waals surface area contributed by atoms with Crippen molar-refractivity contribution in [3.05, 3.63) is 40.9 Å². The molecule has 3 heterocycles. The Bertz CT molecular complexity index is 656. The number of hydrogen-bond acceptors (Lipinski definition) is 3. The first kappa shape index (κ1) is 15.2. The van der Waals surface area contributed by atoms with Gasteiger partial charge in [0.15, 0.2) is 0 Å². The molecule has 0 aliphatic carbocycles. The number of piperidine rings is 1. The first-order chi connectivity index (χ1) is 10.5. The molecule has 1 aliphatic rings. The van der Waals surface area contributed by atoms with Gasteiger partial charge in [0.25, 0.3) is 5.91 Å². The molecule has 2 aromatic rings. The third-order valence-electron chi connectivity index (χ3n) is 4.25. The number of rotatable bonds is 2. The van der Waals surface area contributed by atoms with Crippen LogP contribution in [0.5, 0.6) is 0 Å². The molecule has 0 aromatic carbocycles. The summed E-state index contributed by atoms with van der Waals surface area (Å²) < 4.78 is 0. The SMILES string of the molecule is Cc1nc(-c2cccs2)ccc1C(=O)N1C[C@H](C)C[C@@H](C)C1. The lowest BCUT2D eigenvalue weighted by molar-refractivity contribution is 0.0622. The molecular weight excluding hydrogens is 292 g/mol. The van der Waals surface area contributed by atoms with Gasteiger partial charge in [0.2, 0.25) is 0 Å². The van der Waals surface area contributed by atoms with Gasteiger partial charge in [-0.2, -0.15) is 0 Å². The van der Waals surface area contributed by atoms with Crippen LogP contribution in [0.1, 0.15) is 36.3 Å². The zero-order valence-electron chi connectivity index (χ0n) is 13.4. The van der Waals surface area contributed by atoms with E-state index >= 15 is 0 Å². The Hall–Kier alpha value is -1.68. The third-order valence-corrected chi connectivity index (χ3v) is 5.14. The van der Waals surface area contributed by atoms with Crippen molar-refractivity contribution in [1.29, 1.82) is 0 Å². The van der Waals surface area contributed by atoms with Crippen molar-refractivity contribution in [2.75, 3.05) is 13.1 Å². The van der Waals surface area contributed by atoms with Gasteiger partial charge in [-0.05, 0) is 48.8 Å². The monoisotopic (exact) mass is 314 g/mol. The van der Waals surface area contributed by atoms with Crippen molar-refractivity contribution in [2.24, 2.45) is 11.8 Å². The molecule has 3 rings (SSSR count). The van der Waals surface area contributed by atoms with E-state index < -0.39 is 0 Å². The fourth-order valence-electron chi connectivity index (χ4n) is 3.35. The van der Waals surface area contributed by atoms with Gasteiger partial charge >= 0.3 is 0 Å². The van der Waals surface area contributed by atoms with Crippen LogP contribution in [0, 0.1) is 18.8 Å². The third kappa shape index (κ3) is 3.07. The maximum atomic E-state index is 12.8. The highest BCUT2D eigenvalue weighted by atomic mass is 32.1. The molecule has 2 aromatic heterocycles. The molecule has 4 heteroatoms. The van der Waals surface area contributed by atoms with Gasteiger partial charge in [-0.25, -0.2) is 0 Å². The van der Waals surface area contributed by atoms with Gasteiger partial charge in [0, 0.05) is 13.1 Å². The molecule has 0 unspecified atom stereocenters. The Balaban J connectivity index is 1.84. The summed E-state index contributed by atoms with van der Waals surface area (Å²) in [5, 5.41) is 2.04. The van der Waals surface area contributed by atoms with Crippen LogP contribution in [-0.4, -0.2) is 28.9 Å². The molecular formula is C18H22N2OS. The van der Waals surface area contributed by atoms with E-state index in [1.165, 1.54) is 6.42 Å². The summed E-state index contributed by atoms with van der Waals surface area (Å²) in [6, 6.07) is 7.97. The van der Waals surface area contributed by atoms with E-state index in [9.17, 15) is 4.79 Å². The van der Waals surface area contributed by atoms with E-state index in [1.807, 2.05) is 35.4 Å². The Morgan fingerprint density at radius 1 is 1.23 bits per heavy atom. The Morgan fingerprint density at radius 3 is 2.55 bits per heavy atom. The number of carbonyl (C=O) groups is 1. The lowest BCUT2D eigenvalue weighted by Crippen LogP contribution is -2.42. The van der Waals surface area contributed by atoms with Crippen LogP contribution in [0.25, 0.3) is 10.6 Å². The molecule has 3 nitrogen and oxygen atoms in total. The number of aromatic nitrogens is 1. The maximum absolute atomic E-state index is 12.8. The quantitative estimate of drug-likeness (QED) is 0.831. The second kappa shape index (κ2) is 6.21. The summed E-state index contributed by atoms with van der Waals surface area (Å²) in [6.07, 6.45) is 1.21. The minimum Gasteiger partial charge on any atom is -0.338 e. The van der Waals surface area contributed by atoms with Gasteiger partial charge in [0.1, 0.15) is 0 Å². The summed E-state index contributed by atoms with van der Waals surface area (Å²) in [7, 11) is 0. The summed E-state index contributed by atoms with van der Waals surface area (Å²) >= 11 is 1.67. The predicted molar refractivity (Wildman–Crippen MR) is 91.1 cm³/mol. The Labute approximate surface area is 136 Å². The number of amides is 1. The van der Waals surface area contributed by atoms with Crippen LogP contribution in [0.3, 0.4) is 0 Å². The number of aryl methyl sites for hydroxylation is 1. The highest BCUT2D eigenvalue weighted by Crippen LogP contribution is 2.26. The van der Waals surface area contributed by atoms with Crippen LogP contribution in [0.2, 0.25) is 0 Å². The zero-order valence-corrected chi connectivity index (χ0v) is 14.2. The summed E-state index contributed by atoms with van der Waals surface area (Å²) in [4.78, 5) is 20.6. The molecule has 22 heavy (non-hydrogen) atoms. The summed E-state index contributed by atoms with van der Waals surface area (Å²) in [5.74, 6) is 1.28. The first-order valence-electron chi connectivity index (χ1n) is 7.85. The van der Waals surface area contributed by atoms with E-state index in [1.54, 1.807) is 11.3 Å². The van der Waals surface area contributed by atoms with E-state index in [2.05, 4.69) is 24.9 Å². The number of likely N-dealkylation sites (tertiary alicyclic amines) is 1. The van der Waals surface area contributed by atoms with Gasteiger partial charge < -0.3 is 4.90 Å². The summed E-state index contributed by atoms with van der Waals surface area (Å²) in [6.45, 7) is 8.09. The molecule has 0 spiro atoms. The average Bonchev–Trinajstić information content (AvgIpc) is 2.99. The van der Waals surface area contributed by atoms with Crippen molar-refractivity contribution in [2.45, 2.75) is 27.2 Å². The number of hydrogen-bond donors (Lipinski definition) is 0. The van der Waals surface area contributed by atoms with E-state index in [-0.39, 0.29) is 5.91 Å². The van der Waals surface area contributed by atoms with Crippen LogP contribution in [0.4, 0.5) is 0 Å². The summed E-state index contributed by atoms with van der Waals surface area (Å²) in [5.41, 5.74) is 2.51. The molecule has 2 atom stereocenters. The van der Waals surface area contributed by atoms with Crippen LogP contribution >= 0.6 is 11.3 Å². The molecule has 0 N–H and O–H groups in total. The van der Waals surface area contributed by atoms with Crippen LogP contribution < -0.4 is 0 Å². The van der Waals surface area contributed by atoms with Crippen molar-refractivity contribution < 1.29 is 4.79 Å². The highest BCUT2D eigenvalue weighted by Gasteiger charge is 2.27. The zero-order chi connectivity index (χ0) is 15.7. The Morgan fingerprint density at radius 2 is 1.95 bits per heavy atom. The predicted octanol–water partition coefficient (Wildman–Crippen LogP) is 4.24. The minimum absolute atomic E-state index is 0.126. The topological polar surface area (TPSA) is 33.2 Å². The van der Waals surface area contributed by atoms with Gasteiger partial charge in [-0.15, -0.1) is 11.3 Å².